The highest BCUT2D eigenvalue weighted by atomic mass is 15.2. The third kappa shape index (κ3) is 5.04. The smallest absolute Gasteiger partial charge is 0.0226 e. The Morgan fingerprint density at radius 2 is 0.917 bits per heavy atom. The van der Waals surface area contributed by atoms with Gasteiger partial charge in [-0.15, -0.1) is 0 Å². The molecule has 0 aromatic carbocycles. The van der Waals surface area contributed by atoms with Gasteiger partial charge < -0.3 is 9.80 Å². The lowest BCUT2D eigenvalue weighted by atomic mass is 9.73. The average molecular weight is 331 g/mol. The number of nitrogens with zero attached hydrogens (tertiary/aromatic N) is 2. The summed E-state index contributed by atoms with van der Waals surface area (Å²) in [5.74, 6) is 0. The molecule has 24 heavy (non-hydrogen) atoms. The fraction of sp³-hybridized carbons (Fsp3) is 0.818. The molecular formula is C22H38N2. The lowest BCUT2D eigenvalue weighted by Crippen LogP contribution is -2.29. The van der Waals surface area contributed by atoms with Crippen LogP contribution in [0.2, 0.25) is 0 Å². The summed E-state index contributed by atoms with van der Waals surface area (Å²) in [5.41, 5.74) is 1.18. The molecular weight excluding hydrogens is 292 g/mol. The predicted octanol–water partition coefficient (Wildman–Crippen LogP) is 6.27. The van der Waals surface area contributed by atoms with Crippen molar-refractivity contribution in [3.05, 3.63) is 24.8 Å². The molecule has 136 valence electrons. The summed E-state index contributed by atoms with van der Waals surface area (Å²) in [6.07, 6.45) is 26.2. The van der Waals surface area contributed by atoms with Crippen LogP contribution < -0.4 is 0 Å². The zero-order chi connectivity index (χ0) is 16.9. The topological polar surface area (TPSA) is 6.48 Å². The minimum atomic E-state index is 0.590. The zero-order valence-electron chi connectivity index (χ0n) is 16.1. The van der Waals surface area contributed by atoms with Crippen LogP contribution in [0.4, 0.5) is 0 Å². The standard InChI is InChI=1S/C22H38N2/c1-21(9-5-3-6-10-21)13-15-23-17-19-24(20-18-23)16-14-22(2)11-7-4-8-12-22/h17-20H,3-16H2,1-2H3. The van der Waals surface area contributed by atoms with Crippen LogP contribution in [-0.2, 0) is 0 Å². The first-order chi connectivity index (χ1) is 11.6. The van der Waals surface area contributed by atoms with Crippen LogP contribution >= 0.6 is 0 Å². The normalized spacial score (nSPS) is 25.9. The van der Waals surface area contributed by atoms with Gasteiger partial charge in [-0.1, -0.05) is 52.4 Å². The molecule has 0 N–H and O–H groups in total. The molecule has 3 rings (SSSR count). The molecule has 0 saturated heterocycles. The van der Waals surface area contributed by atoms with Gasteiger partial charge in [0.15, 0.2) is 0 Å². The van der Waals surface area contributed by atoms with E-state index in [1.807, 2.05) is 0 Å². The van der Waals surface area contributed by atoms with Crippen LogP contribution in [0.5, 0.6) is 0 Å². The van der Waals surface area contributed by atoms with E-state index >= 15 is 0 Å². The first kappa shape index (κ1) is 17.9. The fourth-order valence-electron chi connectivity index (χ4n) is 4.85. The minimum absolute atomic E-state index is 0.590. The van der Waals surface area contributed by atoms with E-state index < -0.39 is 0 Å². The largest absolute Gasteiger partial charge is 0.351 e. The van der Waals surface area contributed by atoms with Crippen LogP contribution in [-0.4, -0.2) is 22.9 Å². The van der Waals surface area contributed by atoms with E-state index in [9.17, 15) is 0 Å². The van der Waals surface area contributed by atoms with Crippen LogP contribution in [0.25, 0.3) is 0 Å². The molecule has 0 aromatic rings. The molecule has 0 amide bonds. The van der Waals surface area contributed by atoms with Gasteiger partial charge in [-0.3, -0.25) is 0 Å². The van der Waals surface area contributed by atoms with E-state index in [0.29, 0.717) is 10.8 Å². The molecule has 1 heterocycles. The summed E-state index contributed by atoms with van der Waals surface area (Å²) in [4.78, 5) is 4.78. The second-order valence-electron chi connectivity index (χ2n) is 9.31. The monoisotopic (exact) mass is 330 g/mol. The van der Waals surface area contributed by atoms with E-state index in [-0.39, 0.29) is 0 Å². The highest BCUT2D eigenvalue weighted by Gasteiger charge is 2.28. The number of rotatable bonds is 6. The summed E-state index contributed by atoms with van der Waals surface area (Å²) in [7, 11) is 0. The Balaban J connectivity index is 1.39. The molecule has 2 nitrogen and oxygen atoms in total. The molecule has 2 saturated carbocycles. The van der Waals surface area contributed by atoms with Crippen molar-refractivity contribution in [2.75, 3.05) is 13.1 Å². The molecule has 2 heteroatoms. The van der Waals surface area contributed by atoms with Gasteiger partial charge in [-0.25, -0.2) is 0 Å². The van der Waals surface area contributed by atoms with Crippen molar-refractivity contribution in [1.29, 1.82) is 0 Å². The zero-order valence-corrected chi connectivity index (χ0v) is 16.1. The van der Waals surface area contributed by atoms with Crippen molar-refractivity contribution < 1.29 is 0 Å². The first-order valence-corrected chi connectivity index (χ1v) is 10.5. The molecule has 0 unspecified atom stereocenters. The SMILES string of the molecule is CC1(CCN2C=CN(CCC3(C)CCCCC3)C=C2)CCCCC1. The molecule has 1 aliphatic heterocycles. The van der Waals surface area contributed by atoms with E-state index in [1.54, 1.807) is 0 Å². The van der Waals surface area contributed by atoms with E-state index in [1.165, 1.54) is 90.1 Å². The number of hydrogen-bond donors (Lipinski definition) is 0. The molecule has 0 aromatic heterocycles. The van der Waals surface area contributed by atoms with Crippen LogP contribution in [0.3, 0.4) is 0 Å². The van der Waals surface area contributed by atoms with Crippen LogP contribution in [0.1, 0.15) is 90.9 Å². The molecule has 0 bridgehead atoms. The molecule has 0 spiro atoms. The van der Waals surface area contributed by atoms with Crippen molar-refractivity contribution >= 4 is 0 Å². The molecule has 2 aliphatic carbocycles. The maximum atomic E-state index is 2.50. The molecule has 3 aliphatic rings. The van der Waals surface area contributed by atoms with Gasteiger partial charge in [-0.05, 0) is 49.4 Å². The quantitative estimate of drug-likeness (QED) is 0.566. The van der Waals surface area contributed by atoms with Crippen molar-refractivity contribution in [1.82, 2.24) is 9.80 Å². The Morgan fingerprint density at radius 1 is 0.583 bits per heavy atom. The summed E-state index contributed by atoms with van der Waals surface area (Å²) in [5, 5.41) is 0. The van der Waals surface area contributed by atoms with E-state index in [2.05, 4.69) is 48.4 Å². The second-order valence-corrected chi connectivity index (χ2v) is 9.31. The second kappa shape index (κ2) is 7.97. The Kier molecular flexibility index (Phi) is 5.94. The van der Waals surface area contributed by atoms with Gasteiger partial charge in [0.05, 0.1) is 0 Å². The van der Waals surface area contributed by atoms with E-state index in [0.717, 1.165) is 0 Å². The van der Waals surface area contributed by atoms with Crippen molar-refractivity contribution in [2.45, 2.75) is 90.9 Å². The van der Waals surface area contributed by atoms with Gasteiger partial charge in [0.25, 0.3) is 0 Å². The Morgan fingerprint density at radius 3 is 1.25 bits per heavy atom. The van der Waals surface area contributed by atoms with Gasteiger partial charge in [-0.2, -0.15) is 0 Å². The van der Waals surface area contributed by atoms with Gasteiger partial charge in [0.2, 0.25) is 0 Å². The van der Waals surface area contributed by atoms with Gasteiger partial charge >= 0.3 is 0 Å². The van der Waals surface area contributed by atoms with E-state index in [4.69, 9.17) is 0 Å². The highest BCUT2D eigenvalue weighted by molar-refractivity contribution is 5.01. The average Bonchev–Trinajstić information content (AvgIpc) is 2.61. The minimum Gasteiger partial charge on any atom is -0.351 e. The number of hydrogen-bond acceptors (Lipinski definition) is 2. The summed E-state index contributed by atoms with van der Waals surface area (Å²) in [6.45, 7) is 7.35. The molecule has 2 fully saturated rings. The summed E-state index contributed by atoms with van der Waals surface area (Å²) >= 11 is 0. The summed E-state index contributed by atoms with van der Waals surface area (Å²) in [6, 6.07) is 0. The highest BCUT2D eigenvalue weighted by Crippen LogP contribution is 2.40. The summed E-state index contributed by atoms with van der Waals surface area (Å²) < 4.78 is 0. The van der Waals surface area contributed by atoms with Gasteiger partial charge in [0.1, 0.15) is 0 Å². The predicted molar refractivity (Wildman–Crippen MR) is 103 cm³/mol. The Labute approximate surface area is 150 Å². The van der Waals surface area contributed by atoms with Crippen molar-refractivity contribution in [2.24, 2.45) is 10.8 Å². The maximum Gasteiger partial charge on any atom is 0.0226 e. The molecule has 0 atom stereocenters. The Bertz CT molecular complexity index is 385. The third-order valence-electron chi connectivity index (χ3n) is 6.97. The van der Waals surface area contributed by atoms with Gasteiger partial charge in [0, 0.05) is 37.9 Å². The first-order valence-electron chi connectivity index (χ1n) is 10.5. The Hall–Kier alpha value is -0.920. The van der Waals surface area contributed by atoms with Crippen molar-refractivity contribution in [3.63, 3.8) is 0 Å². The lowest BCUT2D eigenvalue weighted by Gasteiger charge is -2.36. The van der Waals surface area contributed by atoms with Crippen LogP contribution in [0.15, 0.2) is 24.8 Å². The third-order valence-corrected chi connectivity index (χ3v) is 6.97. The fourth-order valence-corrected chi connectivity index (χ4v) is 4.85. The maximum absolute atomic E-state index is 2.50. The molecule has 0 radical (unpaired) electrons. The lowest BCUT2D eigenvalue weighted by molar-refractivity contribution is 0.179. The van der Waals surface area contributed by atoms with Crippen LogP contribution in [0, 0.1) is 10.8 Å². The van der Waals surface area contributed by atoms with Crippen molar-refractivity contribution in [3.8, 4) is 0 Å².